The van der Waals surface area contributed by atoms with Crippen LogP contribution in [0.2, 0.25) is 0 Å². The van der Waals surface area contributed by atoms with Crippen LogP contribution in [-0.2, 0) is 6.54 Å². The van der Waals surface area contributed by atoms with Gasteiger partial charge < -0.3 is 15.0 Å². The van der Waals surface area contributed by atoms with Crippen LogP contribution in [0.5, 0.6) is 5.88 Å². The number of amides is 2. The van der Waals surface area contributed by atoms with Gasteiger partial charge in [-0.1, -0.05) is 6.07 Å². The number of hydrogen-bond acceptors (Lipinski definition) is 4. The monoisotopic (exact) mass is 318 g/mol. The van der Waals surface area contributed by atoms with E-state index in [1.807, 2.05) is 17.0 Å². The van der Waals surface area contributed by atoms with Gasteiger partial charge in [-0.25, -0.2) is 9.78 Å². The van der Waals surface area contributed by atoms with E-state index < -0.39 is 0 Å². The summed E-state index contributed by atoms with van der Waals surface area (Å²) in [6.45, 7) is 4.51. The summed E-state index contributed by atoms with van der Waals surface area (Å²) in [5.74, 6) is 0.571. The van der Waals surface area contributed by atoms with Gasteiger partial charge >= 0.3 is 6.03 Å². The van der Waals surface area contributed by atoms with Crippen molar-refractivity contribution >= 4 is 6.03 Å². The van der Waals surface area contributed by atoms with Gasteiger partial charge in [-0.05, 0) is 44.8 Å². The number of pyridine rings is 1. The third kappa shape index (κ3) is 3.93. The minimum absolute atomic E-state index is 0.0137. The molecule has 2 aliphatic heterocycles. The molecular weight excluding hydrogens is 292 g/mol. The van der Waals surface area contributed by atoms with Crippen LogP contribution in [0.1, 0.15) is 31.2 Å². The normalized spacial score (nSPS) is 22.1. The summed E-state index contributed by atoms with van der Waals surface area (Å²) in [7, 11) is 1.60. The Hall–Kier alpha value is -1.82. The molecule has 126 valence electrons. The fourth-order valence-corrected chi connectivity index (χ4v) is 3.57. The fourth-order valence-electron chi connectivity index (χ4n) is 3.57. The highest BCUT2D eigenvalue weighted by atomic mass is 16.5. The van der Waals surface area contributed by atoms with Crippen molar-refractivity contribution in [3.63, 3.8) is 0 Å². The number of nitrogens with one attached hydrogen (secondary N) is 1. The van der Waals surface area contributed by atoms with E-state index in [0.717, 1.165) is 25.1 Å². The Morgan fingerprint density at radius 2 is 2.17 bits per heavy atom. The van der Waals surface area contributed by atoms with Gasteiger partial charge in [-0.3, -0.25) is 4.90 Å². The first kappa shape index (κ1) is 16.1. The van der Waals surface area contributed by atoms with Crippen LogP contribution in [0.25, 0.3) is 0 Å². The van der Waals surface area contributed by atoms with Crippen molar-refractivity contribution in [1.82, 2.24) is 20.1 Å². The van der Waals surface area contributed by atoms with Crippen molar-refractivity contribution in [2.45, 2.75) is 38.3 Å². The average Bonchev–Trinajstić information content (AvgIpc) is 3.14. The van der Waals surface area contributed by atoms with E-state index in [1.165, 1.54) is 32.4 Å². The standard InChI is InChI=1S/C17H26N4O2/c1-23-16-14(6-4-8-18-16)12-19-17(22)21-11-5-7-15(13-21)20-9-2-3-10-20/h4,6,8,15H,2-3,5,7,9-13H2,1H3,(H,19,22)/t15-/m1/s1. The topological polar surface area (TPSA) is 57.7 Å². The predicted octanol–water partition coefficient (Wildman–Crippen LogP) is 1.86. The number of methoxy groups -OCH3 is 1. The zero-order chi connectivity index (χ0) is 16.1. The van der Waals surface area contributed by atoms with Gasteiger partial charge in [-0.2, -0.15) is 0 Å². The van der Waals surface area contributed by atoms with Crippen molar-refractivity contribution in [2.75, 3.05) is 33.3 Å². The number of piperidine rings is 1. The van der Waals surface area contributed by atoms with Crippen LogP contribution in [0.4, 0.5) is 4.79 Å². The van der Waals surface area contributed by atoms with Gasteiger partial charge in [0.05, 0.1) is 7.11 Å². The fraction of sp³-hybridized carbons (Fsp3) is 0.647. The number of carbonyl (C=O) groups excluding carboxylic acids is 1. The van der Waals surface area contributed by atoms with Gasteiger partial charge in [0.1, 0.15) is 0 Å². The molecule has 0 saturated carbocycles. The van der Waals surface area contributed by atoms with Crippen LogP contribution in [0.15, 0.2) is 18.3 Å². The highest BCUT2D eigenvalue weighted by Crippen LogP contribution is 2.20. The predicted molar refractivity (Wildman–Crippen MR) is 88.4 cm³/mol. The largest absolute Gasteiger partial charge is 0.481 e. The van der Waals surface area contributed by atoms with Crippen LogP contribution in [0.3, 0.4) is 0 Å². The van der Waals surface area contributed by atoms with E-state index in [-0.39, 0.29) is 6.03 Å². The highest BCUT2D eigenvalue weighted by Gasteiger charge is 2.29. The molecule has 3 heterocycles. The number of likely N-dealkylation sites (tertiary alicyclic amines) is 2. The number of ether oxygens (including phenoxy) is 1. The van der Waals surface area contributed by atoms with Crippen LogP contribution in [-0.4, -0.2) is 60.1 Å². The number of urea groups is 1. The Bertz CT molecular complexity index is 531. The lowest BCUT2D eigenvalue weighted by atomic mass is 10.0. The number of hydrogen-bond donors (Lipinski definition) is 1. The zero-order valence-electron chi connectivity index (χ0n) is 13.8. The second-order valence-corrected chi connectivity index (χ2v) is 6.32. The average molecular weight is 318 g/mol. The molecule has 0 radical (unpaired) electrons. The lowest BCUT2D eigenvalue weighted by Crippen LogP contribution is -2.51. The molecule has 2 saturated heterocycles. The Morgan fingerprint density at radius 3 is 2.96 bits per heavy atom. The SMILES string of the molecule is COc1ncccc1CNC(=O)N1CCC[C@@H](N2CCCC2)C1. The molecule has 0 aliphatic carbocycles. The van der Waals surface area contributed by atoms with Gasteiger partial charge in [0.15, 0.2) is 0 Å². The van der Waals surface area contributed by atoms with E-state index in [4.69, 9.17) is 4.74 Å². The molecule has 23 heavy (non-hydrogen) atoms. The Kier molecular flexibility index (Phi) is 5.33. The van der Waals surface area contributed by atoms with Crippen LogP contribution < -0.4 is 10.1 Å². The third-order valence-electron chi connectivity index (χ3n) is 4.81. The third-order valence-corrected chi connectivity index (χ3v) is 4.81. The molecule has 0 aromatic carbocycles. The molecule has 1 N–H and O–H groups in total. The zero-order valence-corrected chi connectivity index (χ0v) is 13.8. The molecule has 0 bridgehead atoms. The molecule has 0 unspecified atom stereocenters. The summed E-state index contributed by atoms with van der Waals surface area (Å²) in [4.78, 5) is 21.1. The molecule has 2 aliphatic rings. The molecule has 1 atom stereocenters. The number of nitrogens with zero attached hydrogens (tertiary/aromatic N) is 3. The Balaban J connectivity index is 1.53. The van der Waals surface area contributed by atoms with Gasteiger partial charge in [0.2, 0.25) is 5.88 Å². The van der Waals surface area contributed by atoms with Gasteiger partial charge in [0.25, 0.3) is 0 Å². The van der Waals surface area contributed by atoms with E-state index in [0.29, 0.717) is 18.5 Å². The van der Waals surface area contributed by atoms with Gasteiger partial charge in [-0.15, -0.1) is 0 Å². The maximum Gasteiger partial charge on any atom is 0.317 e. The molecule has 6 heteroatoms. The first-order valence-corrected chi connectivity index (χ1v) is 8.52. The molecule has 1 aromatic heterocycles. The van der Waals surface area contributed by atoms with Crippen molar-refractivity contribution in [3.8, 4) is 5.88 Å². The lowest BCUT2D eigenvalue weighted by Gasteiger charge is -2.37. The Labute approximate surface area is 137 Å². The highest BCUT2D eigenvalue weighted by molar-refractivity contribution is 5.74. The van der Waals surface area contributed by atoms with Crippen LogP contribution in [0, 0.1) is 0 Å². The van der Waals surface area contributed by atoms with Crippen LogP contribution >= 0.6 is 0 Å². The van der Waals surface area contributed by atoms with E-state index >= 15 is 0 Å². The second-order valence-electron chi connectivity index (χ2n) is 6.32. The smallest absolute Gasteiger partial charge is 0.317 e. The number of aromatic nitrogens is 1. The summed E-state index contributed by atoms with van der Waals surface area (Å²) >= 11 is 0. The number of rotatable bonds is 4. The quantitative estimate of drug-likeness (QED) is 0.920. The second kappa shape index (κ2) is 7.64. The molecular formula is C17H26N4O2. The summed E-state index contributed by atoms with van der Waals surface area (Å²) in [5, 5.41) is 3.00. The molecule has 0 spiro atoms. The maximum atomic E-state index is 12.5. The lowest BCUT2D eigenvalue weighted by molar-refractivity contribution is 0.125. The molecule has 2 fully saturated rings. The van der Waals surface area contributed by atoms with Crippen molar-refractivity contribution in [3.05, 3.63) is 23.9 Å². The molecule has 6 nitrogen and oxygen atoms in total. The summed E-state index contributed by atoms with van der Waals surface area (Å²) in [6, 6.07) is 4.33. The van der Waals surface area contributed by atoms with E-state index in [2.05, 4.69) is 15.2 Å². The molecule has 2 amide bonds. The molecule has 3 rings (SSSR count). The van der Waals surface area contributed by atoms with Crippen molar-refractivity contribution in [2.24, 2.45) is 0 Å². The Morgan fingerprint density at radius 1 is 1.35 bits per heavy atom. The summed E-state index contributed by atoms with van der Waals surface area (Å²) < 4.78 is 5.22. The first-order valence-electron chi connectivity index (χ1n) is 8.52. The first-order chi connectivity index (χ1) is 11.3. The van der Waals surface area contributed by atoms with Crippen molar-refractivity contribution < 1.29 is 9.53 Å². The summed E-state index contributed by atoms with van der Waals surface area (Å²) in [6.07, 6.45) is 6.58. The molecule has 1 aromatic rings. The van der Waals surface area contributed by atoms with E-state index in [1.54, 1.807) is 13.3 Å². The maximum absolute atomic E-state index is 12.5. The summed E-state index contributed by atoms with van der Waals surface area (Å²) in [5.41, 5.74) is 0.899. The minimum atomic E-state index is 0.0137. The van der Waals surface area contributed by atoms with Gasteiger partial charge in [0, 0.05) is 37.4 Å². The number of carbonyl (C=O) groups is 1. The minimum Gasteiger partial charge on any atom is -0.481 e. The van der Waals surface area contributed by atoms with E-state index in [9.17, 15) is 4.79 Å². The van der Waals surface area contributed by atoms with Crippen molar-refractivity contribution in [1.29, 1.82) is 0 Å².